The fourth-order valence-electron chi connectivity index (χ4n) is 7.65. The molecule has 0 unspecified atom stereocenters. The minimum atomic E-state index is -1.38. The molecule has 4 fully saturated rings. The van der Waals surface area contributed by atoms with Crippen molar-refractivity contribution in [3.05, 3.63) is 12.2 Å². The first-order valence-corrected chi connectivity index (χ1v) is 9.53. The molecular weight excluding hydrogens is 352 g/mol. The number of aliphatic carboxylic acids is 2. The summed E-state index contributed by atoms with van der Waals surface area (Å²) in [5.74, 6) is -4.96. The van der Waals surface area contributed by atoms with Gasteiger partial charge in [0.15, 0.2) is 0 Å². The van der Waals surface area contributed by atoms with Crippen LogP contribution in [-0.2, 0) is 14.4 Å². The second kappa shape index (κ2) is 5.20. The quantitative estimate of drug-likeness (QED) is 0.429. The van der Waals surface area contributed by atoms with Gasteiger partial charge in [0.05, 0.1) is 23.0 Å². The Bertz CT molecular complexity index is 761. The molecule has 27 heavy (non-hydrogen) atoms. The number of hydrogen-bond acceptors (Lipinski definition) is 5. The third-order valence-electron chi connectivity index (χ3n) is 8.64. The molecule has 0 heterocycles. The van der Waals surface area contributed by atoms with Crippen molar-refractivity contribution in [1.29, 1.82) is 0 Å². The number of aldehydes is 1. The van der Waals surface area contributed by atoms with Crippen molar-refractivity contribution in [2.24, 2.45) is 34.0 Å². The normalized spacial score (nSPS) is 53.5. The molecule has 4 aliphatic rings. The van der Waals surface area contributed by atoms with E-state index in [1.165, 1.54) is 6.92 Å². The van der Waals surface area contributed by atoms with Gasteiger partial charge in [-0.1, -0.05) is 13.0 Å². The smallest absolute Gasteiger partial charge is 0.309 e. The Hall–Kier alpha value is -1.73. The van der Waals surface area contributed by atoms with Crippen LogP contribution in [0.15, 0.2) is 12.2 Å². The van der Waals surface area contributed by atoms with Crippen molar-refractivity contribution in [2.75, 3.05) is 0 Å². The Labute approximate surface area is 157 Å². The van der Waals surface area contributed by atoms with E-state index in [1.54, 1.807) is 0 Å². The standard InChI is InChI=1S/C20H26O7/c1-10-14(22)20-8-19(10,27)7-4-11(20)18(9-21)6-3-5-17(2,16(25)26)13(18)12(20)15(23)24/h9,11-14,22,27H,1,3-8H2,2H3,(H,23,24)(H,25,26)/t11-,12+,13+,14+,17+,18+,19-,20-/m0/s1. The molecule has 1 spiro atoms. The van der Waals surface area contributed by atoms with Gasteiger partial charge in [-0.3, -0.25) is 9.59 Å². The molecule has 148 valence electrons. The molecule has 0 saturated heterocycles. The number of carboxylic acids is 2. The summed E-state index contributed by atoms with van der Waals surface area (Å²) >= 11 is 0. The van der Waals surface area contributed by atoms with Gasteiger partial charge >= 0.3 is 11.9 Å². The summed E-state index contributed by atoms with van der Waals surface area (Å²) in [6.45, 7) is 5.37. The number of carbonyl (C=O) groups is 3. The van der Waals surface area contributed by atoms with Crippen LogP contribution in [0.3, 0.4) is 0 Å². The van der Waals surface area contributed by atoms with Crippen LogP contribution in [0.1, 0.15) is 45.4 Å². The predicted molar refractivity (Wildman–Crippen MR) is 92.6 cm³/mol. The van der Waals surface area contributed by atoms with Crippen molar-refractivity contribution < 1.29 is 34.8 Å². The summed E-state index contributed by atoms with van der Waals surface area (Å²) in [5, 5.41) is 42.2. The Morgan fingerprint density at radius 1 is 1.22 bits per heavy atom. The van der Waals surface area contributed by atoms with Gasteiger partial charge in [0.2, 0.25) is 0 Å². The first-order valence-electron chi connectivity index (χ1n) is 9.53. The third kappa shape index (κ3) is 1.82. The second-order valence-electron chi connectivity index (χ2n) is 9.44. The maximum absolute atomic E-state index is 12.5. The highest BCUT2D eigenvalue weighted by Gasteiger charge is 2.81. The zero-order chi connectivity index (χ0) is 20.0. The summed E-state index contributed by atoms with van der Waals surface area (Å²) in [4.78, 5) is 37.2. The van der Waals surface area contributed by atoms with Crippen LogP contribution in [0.2, 0.25) is 0 Å². The predicted octanol–water partition coefficient (Wildman–Crippen LogP) is 1.23. The lowest BCUT2D eigenvalue weighted by Crippen LogP contribution is -2.52. The molecule has 4 aliphatic carbocycles. The number of carbonyl (C=O) groups excluding carboxylic acids is 1. The number of carboxylic acid groups (broad SMARTS) is 2. The van der Waals surface area contributed by atoms with E-state index in [9.17, 15) is 34.8 Å². The van der Waals surface area contributed by atoms with Gasteiger partial charge in [0.25, 0.3) is 0 Å². The molecule has 0 radical (unpaired) electrons. The minimum absolute atomic E-state index is 0.0173. The van der Waals surface area contributed by atoms with E-state index in [1.807, 2.05) is 0 Å². The molecule has 0 aromatic carbocycles. The van der Waals surface area contributed by atoms with E-state index >= 15 is 0 Å². The average Bonchev–Trinajstić information content (AvgIpc) is 2.95. The van der Waals surface area contributed by atoms with E-state index in [2.05, 4.69) is 6.58 Å². The van der Waals surface area contributed by atoms with E-state index in [-0.39, 0.29) is 18.4 Å². The molecule has 2 bridgehead atoms. The highest BCUT2D eigenvalue weighted by atomic mass is 16.4. The van der Waals surface area contributed by atoms with Gasteiger partial charge in [-0.05, 0) is 50.5 Å². The van der Waals surface area contributed by atoms with Crippen LogP contribution in [0, 0.1) is 34.0 Å². The van der Waals surface area contributed by atoms with Gasteiger partial charge < -0.3 is 25.2 Å². The number of rotatable bonds is 3. The van der Waals surface area contributed by atoms with Gasteiger partial charge in [0.1, 0.15) is 6.29 Å². The maximum atomic E-state index is 12.5. The molecule has 7 nitrogen and oxygen atoms in total. The first-order chi connectivity index (χ1) is 12.5. The lowest BCUT2D eigenvalue weighted by Gasteiger charge is -2.49. The average molecular weight is 378 g/mol. The summed E-state index contributed by atoms with van der Waals surface area (Å²) in [5.41, 5.74) is -4.92. The molecule has 0 aromatic heterocycles. The van der Waals surface area contributed by atoms with E-state index in [0.29, 0.717) is 25.7 Å². The van der Waals surface area contributed by atoms with Crippen molar-refractivity contribution >= 4 is 18.2 Å². The van der Waals surface area contributed by atoms with Gasteiger partial charge in [-0.15, -0.1) is 0 Å². The highest BCUT2D eigenvalue weighted by molar-refractivity contribution is 5.82. The third-order valence-corrected chi connectivity index (χ3v) is 8.64. The Kier molecular flexibility index (Phi) is 3.59. The van der Waals surface area contributed by atoms with Gasteiger partial charge in [0, 0.05) is 16.7 Å². The molecule has 7 heteroatoms. The monoisotopic (exact) mass is 378 g/mol. The van der Waals surface area contributed by atoms with Crippen LogP contribution in [0.5, 0.6) is 0 Å². The molecule has 0 aliphatic heterocycles. The molecule has 8 atom stereocenters. The molecular formula is C20H26O7. The molecule has 0 amide bonds. The summed E-state index contributed by atoms with van der Waals surface area (Å²) in [6.07, 6.45) is 1.41. The summed E-state index contributed by atoms with van der Waals surface area (Å²) in [7, 11) is 0. The van der Waals surface area contributed by atoms with Crippen molar-refractivity contribution in [2.45, 2.75) is 57.2 Å². The van der Waals surface area contributed by atoms with Crippen molar-refractivity contribution in [3.63, 3.8) is 0 Å². The Morgan fingerprint density at radius 3 is 2.44 bits per heavy atom. The Morgan fingerprint density at radius 2 is 1.89 bits per heavy atom. The van der Waals surface area contributed by atoms with E-state index in [4.69, 9.17) is 0 Å². The fourth-order valence-corrected chi connectivity index (χ4v) is 7.65. The SMILES string of the molecule is C=C1[C@@H](O)[C@@]23C[C@@]1(O)CC[C@H]2[C@]1(C=O)CCC[C@@](C)(C(=O)O)[C@H]1[C@@H]3C(=O)O. The van der Waals surface area contributed by atoms with Gasteiger partial charge in [-0.2, -0.15) is 0 Å². The van der Waals surface area contributed by atoms with E-state index < -0.39 is 57.6 Å². The summed E-state index contributed by atoms with van der Waals surface area (Å²) in [6, 6.07) is 0. The summed E-state index contributed by atoms with van der Waals surface area (Å²) < 4.78 is 0. The maximum Gasteiger partial charge on any atom is 0.309 e. The zero-order valence-electron chi connectivity index (χ0n) is 15.4. The topological polar surface area (TPSA) is 132 Å². The first kappa shape index (κ1) is 18.6. The lowest BCUT2D eigenvalue weighted by atomic mass is 9.53. The fraction of sp³-hybridized carbons (Fsp3) is 0.750. The van der Waals surface area contributed by atoms with Crippen LogP contribution in [0.4, 0.5) is 0 Å². The molecule has 4 rings (SSSR count). The molecule has 4 saturated carbocycles. The van der Waals surface area contributed by atoms with Crippen LogP contribution >= 0.6 is 0 Å². The van der Waals surface area contributed by atoms with Crippen LogP contribution in [0.25, 0.3) is 0 Å². The number of aliphatic hydroxyl groups excluding tert-OH is 1. The number of aliphatic hydroxyl groups is 2. The second-order valence-corrected chi connectivity index (χ2v) is 9.44. The Balaban J connectivity index is 2.02. The van der Waals surface area contributed by atoms with Crippen LogP contribution in [-0.4, -0.2) is 50.4 Å². The number of hydrogen-bond donors (Lipinski definition) is 4. The highest BCUT2D eigenvalue weighted by Crippen LogP contribution is 2.77. The number of fused-ring (bicyclic) bond motifs is 3. The minimum Gasteiger partial charge on any atom is -0.481 e. The van der Waals surface area contributed by atoms with E-state index in [0.717, 1.165) is 6.29 Å². The van der Waals surface area contributed by atoms with Gasteiger partial charge in [-0.25, -0.2) is 0 Å². The van der Waals surface area contributed by atoms with Crippen molar-refractivity contribution in [1.82, 2.24) is 0 Å². The molecule has 0 aromatic rings. The largest absolute Gasteiger partial charge is 0.481 e. The molecule has 4 N–H and O–H groups in total. The van der Waals surface area contributed by atoms with Crippen molar-refractivity contribution in [3.8, 4) is 0 Å². The zero-order valence-corrected chi connectivity index (χ0v) is 15.4. The van der Waals surface area contributed by atoms with Crippen LogP contribution < -0.4 is 0 Å². The lowest BCUT2D eigenvalue weighted by molar-refractivity contribution is -0.168.